The molecule has 0 aliphatic heterocycles. The Kier molecular flexibility index (Phi) is 3.62. The second kappa shape index (κ2) is 4.57. The highest BCUT2D eigenvalue weighted by atomic mass is 19.4. The summed E-state index contributed by atoms with van der Waals surface area (Å²) in [5.74, 6) is -1.15. The molecule has 0 aromatic carbocycles. The number of aliphatic hydroxyl groups is 1. The first-order valence-electron chi connectivity index (χ1n) is 4.42. The van der Waals surface area contributed by atoms with Crippen LogP contribution in [0.3, 0.4) is 0 Å². The topological polar surface area (TPSA) is 46.0 Å². The van der Waals surface area contributed by atoms with E-state index in [2.05, 4.69) is 9.97 Å². The van der Waals surface area contributed by atoms with Gasteiger partial charge in [0.05, 0.1) is 0 Å². The molecular weight excluding hydrogens is 209 g/mol. The predicted octanol–water partition coefficient (Wildman–Crippen LogP) is 1.67. The summed E-state index contributed by atoms with van der Waals surface area (Å²) in [6, 6.07) is 0. The molecule has 1 aromatic heterocycles. The number of nitrogens with zero attached hydrogens (tertiary/aromatic N) is 2. The van der Waals surface area contributed by atoms with Gasteiger partial charge >= 0.3 is 6.18 Å². The van der Waals surface area contributed by atoms with Gasteiger partial charge in [0.1, 0.15) is 0 Å². The van der Waals surface area contributed by atoms with Crippen molar-refractivity contribution in [1.82, 2.24) is 9.97 Å². The van der Waals surface area contributed by atoms with Gasteiger partial charge in [-0.25, -0.2) is 9.97 Å². The zero-order chi connectivity index (χ0) is 11.5. The van der Waals surface area contributed by atoms with Crippen LogP contribution in [0.25, 0.3) is 0 Å². The lowest BCUT2D eigenvalue weighted by Gasteiger charge is -2.08. The van der Waals surface area contributed by atoms with Crippen molar-refractivity contribution in [3.8, 4) is 0 Å². The molecular formula is C9H11F3N2O. The minimum atomic E-state index is -4.50. The number of hydrogen-bond donors (Lipinski definition) is 1. The van der Waals surface area contributed by atoms with E-state index in [1.54, 1.807) is 6.92 Å². The van der Waals surface area contributed by atoms with Crippen molar-refractivity contribution in [3.63, 3.8) is 0 Å². The van der Waals surface area contributed by atoms with Gasteiger partial charge in [-0.3, -0.25) is 0 Å². The van der Waals surface area contributed by atoms with E-state index in [-0.39, 0.29) is 12.5 Å². The molecule has 6 heteroatoms. The van der Waals surface area contributed by atoms with Crippen molar-refractivity contribution in [1.29, 1.82) is 0 Å². The molecule has 1 rings (SSSR count). The van der Waals surface area contributed by atoms with Crippen molar-refractivity contribution in [3.05, 3.63) is 23.8 Å². The average Bonchev–Trinajstić information content (AvgIpc) is 2.17. The third kappa shape index (κ3) is 3.47. The zero-order valence-electron chi connectivity index (χ0n) is 8.12. The van der Waals surface area contributed by atoms with Crippen LogP contribution in [0.15, 0.2) is 12.4 Å². The van der Waals surface area contributed by atoms with Crippen LogP contribution < -0.4 is 0 Å². The first-order chi connectivity index (χ1) is 6.93. The highest BCUT2D eigenvalue weighted by Gasteiger charge is 2.34. The van der Waals surface area contributed by atoms with E-state index in [9.17, 15) is 13.2 Å². The first-order valence-corrected chi connectivity index (χ1v) is 4.42. The summed E-state index contributed by atoms with van der Waals surface area (Å²) < 4.78 is 36.2. The van der Waals surface area contributed by atoms with Crippen LogP contribution >= 0.6 is 0 Å². The van der Waals surface area contributed by atoms with Crippen LogP contribution in [-0.4, -0.2) is 21.7 Å². The van der Waals surface area contributed by atoms with E-state index in [1.807, 2.05) is 0 Å². The summed E-state index contributed by atoms with van der Waals surface area (Å²) >= 11 is 0. The van der Waals surface area contributed by atoms with E-state index in [0.29, 0.717) is 12.0 Å². The van der Waals surface area contributed by atoms with Crippen LogP contribution in [0.1, 0.15) is 18.3 Å². The Bertz CT molecular complexity index is 310. The van der Waals surface area contributed by atoms with Crippen LogP contribution in [0, 0.1) is 5.92 Å². The maximum absolute atomic E-state index is 12.1. The van der Waals surface area contributed by atoms with Gasteiger partial charge in [-0.05, 0) is 17.9 Å². The molecule has 1 heterocycles. The molecule has 3 nitrogen and oxygen atoms in total. The van der Waals surface area contributed by atoms with Gasteiger partial charge in [-0.1, -0.05) is 6.92 Å². The van der Waals surface area contributed by atoms with Gasteiger partial charge in [0.2, 0.25) is 5.82 Å². The molecule has 0 spiro atoms. The fraction of sp³-hybridized carbons (Fsp3) is 0.556. The Morgan fingerprint density at radius 2 is 1.87 bits per heavy atom. The number of hydrogen-bond acceptors (Lipinski definition) is 3. The third-order valence-corrected chi connectivity index (χ3v) is 1.85. The number of halogens is 3. The number of aliphatic hydroxyl groups excluding tert-OH is 1. The van der Waals surface area contributed by atoms with E-state index < -0.39 is 12.0 Å². The summed E-state index contributed by atoms with van der Waals surface area (Å²) in [4.78, 5) is 6.44. The molecule has 0 amide bonds. The van der Waals surface area contributed by atoms with Gasteiger partial charge in [0.25, 0.3) is 0 Å². The predicted molar refractivity (Wildman–Crippen MR) is 47.0 cm³/mol. The monoisotopic (exact) mass is 220 g/mol. The second-order valence-electron chi connectivity index (χ2n) is 3.40. The van der Waals surface area contributed by atoms with Crippen LogP contribution in [-0.2, 0) is 12.6 Å². The summed E-state index contributed by atoms with van der Waals surface area (Å²) in [6.45, 7) is 1.78. The molecule has 0 saturated carbocycles. The molecule has 1 N–H and O–H groups in total. The van der Waals surface area contributed by atoms with Gasteiger partial charge in [0.15, 0.2) is 0 Å². The van der Waals surface area contributed by atoms with Crippen LogP contribution in [0.2, 0.25) is 0 Å². The molecule has 1 atom stereocenters. The van der Waals surface area contributed by atoms with Crippen molar-refractivity contribution in [2.24, 2.45) is 5.92 Å². The van der Waals surface area contributed by atoms with Crippen molar-refractivity contribution in [2.45, 2.75) is 19.5 Å². The molecule has 0 radical (unpaired) electrons. The Labute approximate surface area is 85.0 Å². The molecule has 0 fully saturated rings. The molecule has 0 unspecified atom stereocenters. The van der Waals surface area contributed by atoms with Gasteiger partial charge in [-0.15, -0.1) is 0 Å². The molecule has 1 aromatic rings. The fourth-order valence-electron chi connectivity index (χ4n) is 1.07. The minimum absolute atomic E-state index is 0.00895. The highest BCUT2D eigenvalue weighted by molar-refractivity contribution is 5.07. The Hall–Kier alpha value is -1.17. The highest BCUT2D eigenvalue weighted by Crippen LogP contribution is 2.25. The summed E-state index contributed by atoms with van der Waals surface area (Å²) in [5.41, 5.74) is 0.588. The Balaban J connectivity index is 2.73. The van der Waals surface area contributed by atoms with Gasteiger partial charge < -0.3 is 5.11 Å². The fourth-order valence-corrected chi connectivity index (χ4v) is 1.07. The lowest BCUT2D eigenvalue weighted by Crippen LogP contribution is -2.12. The molecule has 0 aliphatic carbocycles. The first kappa shape index (κ1) is 11.9. The second-order valence-corrected chi connectivity index (χ2v) is 3.40. The lowest BCUT2D eigenvalue weighted by atomic mass is 10.1. The Morgan fingerprint density at radius 1 is 1.33 bits per heavy atom. The molecule has 0 bridgehead atoms. The summed E-state index contributed by atoms with van der Waals surface area (Å²) in [5, 5.41) is 8.76. The van der Waals surface area contributed by atoms with E-state index >= 15 is 0 Å². The van der Waals surface area contributed by atoms with E-state index in [0.717, 1.165) is 12.4 Å². The third-order valence-electron chi connectivity index (χ3n) is 1.85. The molecule has 0 aliphatic rings. The summed E-state index contributed by atoms with van der Waals surface area (Å²) in [6.07, 6.45) is -1.75. The standard InChI is InChI=1S/C9H11F3N2O/c1-6(5-15)2-7-3-13-8(14-4-7)9(10,11)12/h3-4,6,15H,2,5H2,1H3/t6-/m1/s1. The van der Waals surface area contributed by atoms with Crippen molar-refractivity contribution < 1.29 is 18.3 Å². The van der Waals surface area contributed by atoms with Crippen LogP contribution in [0.5, 0.6) is 0 Å². The summed E-state index contributed by atoms with van der Waals surface area (Å²) in [7, 11) is 0. The van der Waals surface area contributed by atoms with Crippen molar-refractivity contribution >= 4 is 0 Å². The molecule has 84 valence electrons. The maximum atomic E-state index is 12.1. The van der Waals surface area contributed by atoms with E-state index in [4.69, 9.17) is 5.11 Å². The number of alkyl halides is 3. The number of aromatic nitrogens is 2. The average molecular weight is 220 g/mol. The SMILES string of the molecule is C[C@@H](CO)Cc1cnc(C(F)(F)F)nc1. The van der Waals surface area contributed by atoms with Gasteiger partial charge in [-0.2, -0.15) is 13.2 Å². The molecule has 15 heavy (non-hydrogen) atoms. The normalized spacial score (nSPS) is 13.9. The molecule has 0 saturated heterocycles. The lowest BCUT2D eigenvalue weighted by molar-refractivity contribution is -0.145. The zero-order valence-corrected chi connectivity index (χ0v) is 8.12. The van der Waals surface area contributed by atoms with E-state index in [1.165, 1.54) is 0 Å². The largest absolute Gasteiger partial charge is 0.451 e. The number of rotatable bonds is 3. The van der Waals surface area contributed by atoms with Gasteiger partial charge in [0, 0.05) is 19.0 Å². The smallest absolute Gasteiger partial charge is 0.396 e. The Morgan fingerprint density at radius 3 is 2.27 bits per heavy atom. The minimum Gasteiger partial charge on any atom is -0.396 e. The van der Waals surface area contributed by atoms with Crippen molar-refractivity contribution in [2.75, 3.05) is 6.61 Å². The van der Waals surface area contributed by atoms with Crippen LogP contribution in [0.4, 0.5) is 13.2 Å². The maximum Gasteiger partial charge on any atom is 0.451 e. The quantitative estimate of drug-likeness (QED) is 0.842.